The Hall–Kier alpha value is -0.800. The van der Waals surface area contributed by atoms with Crippen molar-refractivity contribution in [1.82, 2.24) is 10.6 Å². The lowest BCUT2D eigenvalue weighted by molar-refractivity contribution is -0.181. The first-order chi connectivity index (χ1) is 7.96. The van der Waals surface area contributed by atoms with Crippen molar-refractivity contribution in [3.63, 3.8) is 0 Å². The second-order valence-corrected chi connectivity index (χ2v) is 5.39. The first-order valence-corrected chi connectivity index (χ1v) is 5.94. The largest absolute Gasteiger partial charge is 0.401 e. The molecule has 3 unspecified atom stereocenters. The topological polar surface area (TPSA) is 47.9 Å². The van der Waals surface area contributed by atoms with Crippen LogP contribution < -0.4 is 10.6 Å². The summed E-state index contributed by atoms with van der Waals surface area (Å²) in [6.07, 6.45) is -1.82. The highest BCUT2D eigenvalue weighted by atomic mass is 19.4. The Labute approximate surface area is 97.4 Å². The van der Waals surface area contributed by atoms with Gasteiger partial charge in [-0.1, -0.05) is 0 Å². The van der Waals surface area contributed by atoms with E-state index in [4.69, 9.17) is 5.26 Å². The average molecular weight is 245 g/mol. The Morgan fingerprint density at radius 2 is 2.24 bits per heavy atom. The molecule has 0 aromatic heterocycles. The lowest BCUT2D eigenvalue weighted by atomic mass is 9.42. The normalized spacial score (nSPS) is 47.4. The van der Waals surface area contributed by atoms with Gasteiger partial charge in [0.05, 0.1) is 18.5 Å². The Balaban J connectivity index is 1.54. The molecule has 2 N–H and O–H groups in total. The second kappa shape index (κ2) is 3.36. The van der Waals surface area contributed by atoms with Crippen LogP contribution in [-0.4, -0.2) is 30.3 Å². The summed E-state index contributed by atoms with van der Waals surface area (Å²) in [5.41, 5.74) is -0.0458. The Bertz CT molecular complexity index is 375. The van der Waals surface area contributed by atoms with Crippen LogP contribution in [0.5, 0.6) is 0 Å². The van der Waals surface area contributed by atoms with E-state index < -0.39 is 12.7 Å². The van der Waals surface area contributed by atoms with Crippen LogP contribution in [0.1, 0.15) is 19.3 Å². The van der Waals surface area contributed by atoms with Gasteiger partial charge >= 0.3 is 6.18 Å². The predicted octanol–water partition coefficient (Wildman–Crippen LogP) is 1.17. The van der Waals surface area contributed by atoms with E-state index in [9.17, 15) is 13.2 Å². The standard InChI is InChI=1S/C11H14F3N3/c12-11(13,14)5-16-6-1-2-10-7(3-6)9(17-10)8(10)4-15/h6-9,16-17H,1-3,5H2/t6-,7?,8?,9?,10+/m1/s1. The number of hydrogen-bond acceptors (Lipinski definition) is 3. The van der Waals surface area contributed by atoms with Gasteiger partial charge in [0.1, 0.15) is 0 Å². The minimum atomic E-state index is -4.13. The molecule has 0 radical (unpaired) electrons. The molecule has 0 aromatic carbocycles. The third kappa shape index (κ3) is 1.49. The summed E-state index contributed by atoms with van der Waals surface area (Å²) in [5, 5.41) is 14.9. The Kier molecular flexibility index (Phi) is 2.23. The van der Waals surface area contributed by atoms with E-state index in [0.717, 1.165) is 19.3 Å². The van der Waals surface area contributed by atoms with Gasteiger partial charge in [-0.2, -0.15) is 18.4 Å². The van der Waals surface area contributed by atoms with Gasteiger partial charge in [-0.05, 0) is 25.2 Å². The minimum Gasteiger partial charge on any atom is -0.306 e. The summed E-state index contributed by atoms with van der Waals surface area (Å²) in [4.78, 5) is 0. The quantitative estimate of drug-likeness (QED) is 0.767. The zero-order valence-electron chi connectivity index (χ0n) is 9.22. The summed E-state index contributed by atoms with van der Waals surface area (Å²) in [5.74, 6) is 0.502. The maximum Gasteiger partial charge on any atom is 0.401 e. The third-order valence-corrected chi connectivity index (χ3v) is 4.62. The maximum absolute atomic E-state index is 12.1. The number of nitrogens with zero attached hydrogens (tertiary/aromatic N) is 1. The van der Waals surface area contributed by atoms with Crippen molar-refractivity contribution in [2.24, 2.45) is 11.8 Å². The van der Waals surface area contributed by atoms with E-state index >= 15 is 0 Å². The molecule has 2 aliphatic carbocycles. The summed E-state index contributed by atoms with van der Waals surface area (Å²) < 4.78 is 36.2. The Morgan fingerprint density at radius 1 is 1.47 bits per heavy atom. The molecular weight excluding hydrogens is 231 g/mol. The summed E-state index contributed by atoms with van der Waals surface area (Å²) in [6, 6.07) is 2.49. The van der Waals surface area contributed by atoms with E-state index in [2.05, 4.69) is 16.7 Å². The lowest BCUT2D eigenvalue weighted by Crippen LogP contribution is -2.91. The second-order valence-electron chi connectivity index (χ2n) is 5.39. The molecule has 5 atom stereocenters. The van der Waals surface area contributed by atoms with Crippen LogP contribution in [0.15, 0.2) is 0 Å². The molecule has 2 bridgehead atoms. The SMILES string of the molecule is N#CC1C2N[C@]13CC[C@@H](NCC(F)(F)F)CC23. The molecule has 94 valence electrons. The number of nitriles is 1. The number of hydrogen-bond donors (Lipinski definition) is 2. The molecule has 3 nitrogen and oxygen atoms in total. The number of nitrogens with one attached hydrogen (secondary N) is 2. The highest BCUT2D eigenvalue weighted by Gasteiger charge is 2.73. The van der Waals surface area contributed by atoms with Crippen LogP contribution in [0.4, 0.5) is 13.2 Å². The molecule has 6 heteroatoms. The van der Waals surface area contributed by atoms with Crippen molar-refractivity contribution >= 4 is 0 Å². The number of alkyl halides is 3. The first kappa shape index (κ1) is 11.3. The van der Waals surface area contributed by atoms with Crippen molar-refractivity contribution in [2.75, 3.05) is 6.54 Å². The van der Waals surface area contributed by atoms with Crippen molar-refractivity contribution < 1.29 is 13.2 Å². The van der Waals surface area contributed by atoms with E-state index in [0.29, 0.717) is 5.92 Å². The van der Waals surface area contributed by atoms with Gasteiger partial charge in [-0.25, -0.2) is 0 Å². The van der Waals surface area contributed by atoms with Gasteiger partial charge in [0.2, 0.25) is 0 Å². The molecule has 4 rings (SSSR count). The van der Waals surface area contributed by atoms with Crippen LogP contribution in [0.25, 0.3) is 0 Å². The van der Waals surface area contributed by atoms with E-state index in [1.807, 2.05) is 0 Å². The van der Waals surface area contributed by atoms with Crippen LogP contribution in [0.3, 0.4) is 0 Å². The highest BCUT2D eigenvalue weighted by molar-refractivity contribution is 5.35. The van der Waals surface area contributed by atoms with Crippen molar-refractivity contribution in [3.05, 3.63) is 0 Å². The van der Waals surface area contributed by atoms with E-state index in [1.54, 1.807) is 0 Å². The molecule has 2 aliphatic heterocycles. The monoisotopic (exact) mass is 245 g/mol. The molecule has 2 saturated heterocycles. The van der Waals surface area contributed by atoms with E-state index in [1.165, 1.54) is 0 Å². The first-order valence-electron chi connectivity index (χ1n) is 5.94. The summed E-state index contributed by atoms with van der Waals surface area (Å²) >= 11 is 0. The number of rotatable bonds is 2. The van der Waals surface area contributed by atoms with Gasteiger partial charge in [-0.15, -0.1) is 0 Å². The van der Waals surface area contributed by atoms with Crippen LogP contribution >= 0.6 is 0 Å². The van der Waals surface area contributed by atoms with Gasteiger partial charge in [0.25, 0.3) is 0 Å². The van der Waals surface area contributed by atoms with Gasteiger partial charge in [-0.3, -0.25) is 0 Å². The molecule has 0 amide bonds. The van der Waals surface area contributed by atoms with Crippen LogP contribution in [0, 0.1) is 23.2 Å². The fourth-order valence-electron chi connectivity index (χ4n) is 3.73. The lowest BCUT2D eigenvalue weighted by Gasteiger charge is -2.75. The zero-order valence-corrected chi connectivity index (χ0v) is 9.22. The van der Waals surface area contributed by atoms with Gasteiger partial charge in [0.15, 0.2) is 0 Å². The minimum absolute atomic E-state index is 0.0426. The van der Waals surface area contributed by atoms with Crippen molar-refractivity contribution in [2.45, 2.75) is 43.1 Å². The third-order valence-electron chi connectivity index (χ3n) is 4.62. The van der Waals surface area contributed by atoms with Crippen LogP contribution in [0.2, 0.25) is 0 Å². The maximum atomic E-state index is 12.1. The molecule has 4 aliphatic rings. The van der Waals surface area contributed by atoms with Crippen molar-refractivity contribution in [1.29, 1.82) is 5.26 Å². The molecular formula is C11H14F3N3. The molecule has 4 fully saturated rings. The fraction of sp³-hybridized carbons (Fsp3) is 0.909. The zero-order chi connectivity index (χ0) is 12.3. The van der Waals surface area contributed by atoms with Crippen LogP contribution in [-0.2, 0) is 0 Å². The predicted molar refractivity (Wildman–Crippen MR) is 53.9 cm³/mol. The summed E-state index contributed by atoms with van der Waals surface area (Å²) in [6.45, 7) is -0.906. The highest BCUT2D eigenvalue weighted by Crippen LogP contribution is 2.61. The molecule has 1 spiro atoms. The summed E-state index contributed by atoms with van der Waals surface area (Å²) in [7, 11) is 0. The van der Waals surface area contributed by atoms with Gasteiger partial charge in [0, 0.05) is 17.6 Å². The van der Waals surface area contributed by atoms with Crippen molar-refractivity contribution in [3.8, 4) is 6.07 Å². The molecule has 2 heterocycles. The van der Waals surface area contributed by atoms with Gasteiger partial charge < -0.3 is 10.6 Å². The molecule has 2 saturated carbocycles. The Morgan fingerprint density at radius 3 is 2.76 bits per heavy atom. The fourth-order valence-corrected chi connectivity index (χ4v) is 3.73. The molecule has 17 heavy (non-hydrogen) atoms. The number of halogens is 3. The smallest absolute Gasteiger partial charge is 0.306 e. The average Bonchev–Trinajstić information content (AvgIpc) is 2.17. The van der Waals surface area contributed by atoms with E-state index in [-0.39, 0.29) is 23.5 Å². The molecule has 0 aromatic rings.